The van der Waals surface area contributed by atoms with Gasteiger partial charge in [-0.3, -0.25) is 0 Å². The number of aliphatic hydroxyl groups excluding tert-OH is 1. The van der Waals surface area contributed by atoms with E-state index in [2.05, 4.69) is 6.08 Å². The van der Waals surface area contributed by atoms with Gasteiger partial charge in [-0.1, -0.05) is 18.2 Å². The summed E-state index contributed by atoms with van der Waals surface area (Å²) in [6.07, 6.45) is 5.69. The maximum Gasteiger partial charge on any atom is 0.175 e. The summed E-state index contributed by atoms with van der Waals surface area (Å²) in [7, 11) is -3.16. The van der Waals surface area contributed by atoms with Crippen LogP contribution in [-0.4, -0.2) is 19.8 Å². The Morgan fingerprint density at radius 2 is 1.88 bits per heavy atom. The molecule has 1 aromatic rings. The summed E-state index contributed by atoms with van der Waals surface area (Å²) in [5.41, 5.74) is 1.79. The SMILES string of the molecule is CS(=O)(=O)c1ccc(C(O)C2=CCCC2)cc1. The van der Waals surface area contributed by atoms with Gasteiger partial charge in [0, 0.05) is 6.26 Å². The van der Waals surface area contributed by atoms with E-state index in [1.807, 2.05) is 0 Å². The Hall–Kier alpha value is -1.13. The summed E-state index contributed by atoms with van der Waals surface area (Å²) in [6, 6.07) is 6.45. The van der Waals surface area contributed by atoms with Gasteiger partial charge in [-0.15, -0.1) is 0 Å². The smallest absolute Gasteiger partial charge is 0.175 e. The highest BCUT2D eigenvalue weighted by Gasteiger charge is 2.16. The summed E-state index contributed by atoms with van der Waals surface area (Å²) < 4.78 is 22.6. The van der Waals surface area contributed by atoms with Crippen molar-refractivity contribution in [2.45, 2.75) is 30.3 Å². The number of rotatable bonds is 3. The van der Waals surface area contributed by atoms with Crippen molar-refractivity contribution in [3.63, 3.8) is 0 Å². The average Bonchev–Trinajstić information content (AvgIpc) is 2.80. The van der Waals surface area contributed by atoms with Gasteiger partial charge in [0.25, 0.3) is 0 Å². The molecule has 0 saturated carbocycles. The number of sulfone groups is 1. The summed E-state index contributed by atoms with van der Waals surface area (Å²) in [5, 5.41) is 10.1. The predicted octanol–water partition coefficient (Wildman–Crippen LogP) is 2.23. The molecule has 0 amide bonds. The van der Waals surface area contributed by atoms with E-state index < -0.39 is 15.9 Å². The Bertz CT molecular complexity index is 526. The van der Waals surface area contributed by atoms with Gasteiger partial charge in [0.05, 0.1) is 4.90 Å². The zero-order valence-corrected chi connectivity index (χ0v) is 10.6. The van der Waals surface area contributed by atoms with Crippen LogP contribution in [0.15, 0.2) is 40.8 Å². The van der Waals surface area contributed by atoms with E-state index in [0.29, 0.717) is 0 Å². The van der Waals surface area contributed by atoms with Crippen LogP contribution < -0.4 is 0 Å². The molecule has 17 heavy (non-hydrogen) atoms. The number of benzene rings is 1. The Kier molecular flexibility index (Phi) is 3.35. The fraction of sp³-hybridized carbons (Fsp3) is 0.385. The van der Waals surface area contributed by atoms with Crippen LogP contribution in [0.2, 0.25) is 0 Å². The molecule has 92 valence electrons. The molecular weight excluding hydrogens is 236 g/mol. The van der Waals surface area contributed by atoms with Gasteiger partial charge in [-0.2, -0.15) is 0 Å². The van der Waals surface area contributed by atoms with E-state index in [4.69, 9.17) is 0 Å². The summed E-state index contributed by atoms with van der Waals surface area (Å²) in [4.78, 5) is 0.286. The molecule has 1 aliphatic rings. The normalized spacial score (nSPS) is 17.9. The first kappa shape index (κ1) is 12.3. The molecule has 1 unspecified atom stereocenters. The molecule has 0 saturated heterocycles. The van der Waals surface area contributed by atoms with Crippen LogP contribution in [0.3, 0.4) is 0 Å². The average molecular weight is 252 g/mol. The fourth-order valence-corrected chi connectivity index (χ4v) is 2.69. The van der Waals surface area contributed by atoms with Crippen LogP contribution in [-0.2, 0) is 9.84 Å². The molecule has 3 nitrogen and oxygen atoms in total. The Labute approximate surface area is 102 Å². The van der Waals surface area contributed by atoms with E-state index in [9.17, 15) is 13.5 Å². The van der Waals surface area contributed by atoms with Gasteiger partial charge >= 0.3 is 0 Å². The van der Waals surface area contributed by atoms with Crippen LogP contribution in [0, 0.1) is 0 Å². The van der Waals surface area contributed by atoms with Gasteiger partial charge in [-0.05, 0) is 42.5 Å². The van der Waals surface area contributed by atoms with Crippen molar-refractivity contribution in [1.29, 1.82) is 0 Å². The molecule has 0 bridgehead atoms. The minimum Gasteiger partial charge on any atom is -0.384 e. The third-order valence-corrected chi connectivity index (χ3v) is 4.18. The Morgan fingerprint density at radius 3 is 2.35 bits per heavy atom. The maximum absolute atomic E-state index is 11.3. The van der Waals surface area contributed by atoms with Crippen molar-refractivity contribution in [2.24, 2.45) is 0 Å². The first-order chi connectivity index (χ1) is 7.98. The van der Waals surface area contributed by atoms with Crippen LogP contribution >= 0.6 is 0 Å². The lowest BCUT2D eigenvalue weighted by Crippen LogP contribution is -2.01. The molecule has 2 rings (SSSR count). The van der Waals surface area contributed by atoms with Crippen molar-refractivity contribution < 1.29 is 13.5 Å². The van der Waals surface area contributed by atoms with Crippen LogP contribution in [0.1, 0.15) is 30.9 Å². The standard InChI is InChI=1S/C13H16O3S/c1-17(15,16)12-8-6-11(7-9-12)13(14)10-4-2-3-5-10/h4,6-9,13-14H,2-3,5H2,1H3. The van der Waals surface area contributed by atoms with Crippen LogP contribution in [0.25, 0.3) is 0 Å². The maximum atomic E-state index is 11.3. The summed E-state index contributed by atoms with van der Waals surface area (Å²) in [5.74, 6) is 0. The van der Waals surface area contributed by atoms with Gasteiger partial charge in [-0.25, -0.2) is 8.42 Å². The second-order valence-corrected chi connectivity index (χ2v) is 6.43. The van der Waals surface area contributed by atoms with E-state index in [-0.39, 0.29) is 4.90 Å². The van der Waals surface area contributed by atoms with Crippen molar-refractivity contribution in [3.05, 3.63) is 41.5 Å². The lowest BCUT2D eigenvalue weighted by Gasteiger charge is -2.12. The number of allylic oxidation sites excluding steroid dienone is 1. The molecule has 0 heterocycles. The van der Waals surface area contributed by atoms with Gasteiger partial charge < -0.3 is 5.11 Å². The molecule has 0 spiro atoms. The van der Waals surface area contributed by atoms with E-state index >= 15 is 0 Å². The van der Waals surface area contributed by atoms with Crippen molar-refractivity contribution >= 4 is 9.84 Å². The van der Waals surface area contributed by atoms with Crippen LogP contribution in [0.4, 0.5) is 0 Å². The van der Waals surface area contributed by atoms with Crippen molar-refractivity contribution in [2.75, 3.05) is 6.26 Å². The highest BCUT2D eigenvalue weighted by molar-refractivity contribution is 7.90. The molecule has 0 aromatic heterocycles. The molecule has 4 heteroatoms. The molecule has 1 N–H and O–H groups in total. The monoisotopic (exact) mass is 252 g/mol. The van der Waals surface area contributed by atoms with Gasteiger partial charge in [0.1, 0.15) is 6.10 Å². The number of aliphatic hydroxyl groups is 1. The quantitative estimate of drug-likeness (QED) is 0.839. The third-order valence-electron chi connectivity index (χ3n) is 3.05. The zero-order valence-electron chi connectivity index (χ0n) is 9.76. The first-order valence-electron chi connectivity index (χ1n) is 5.65. The second kappa shape index (κ2) is 4.63. The molecule has 1 aliphatic carbocycles. The lowest BCUT2D eigenvalue weighted by molar-refractivity contribution is 0.212. The largest absolute Gasteiger partial charge is 0.384 e. The zero-order chi connectivity index (χ0) is 12.5. The number of hydrogen-bond donors (Lipinski definition) is 1. The molecule has 0 fully saturated rings. The second-order valence-electron chi connectivity index (χ2n) is 4.42. The highest BCUT2D eigenvalue weighted by Crippen LogP contribution is 2.30. The molecule has 0 radical (unpaired) electrons. The molecular formula is C13H16O3S. The highest BCUT2D eigenvalue weighted by atomic mass is 32.2. The van der Waals surface area contributed by atoms with Gasteiger partial charge in [0.15, 0.2) is 9.84 Å². The van der Waals surface area contributed by atoms with E-state index in [1.165, 1.54) is 6.26 Å². The van der Waals surface area contributed by atoms with E-state index in [0.717, 1.165) is 30.4 Å². The number of hydrogen-bond acceptors (Lipinski definition) is 3. The molecule has 0 aliphatic heterocycles. The summed E-state index contributed by atoms with van der Waals surface area (Å²) >= 11 is 0. The third kappa shape index (κ3) is 2.76. The topological polar surface area (TPSA) is 54.4 Å². The van der Waals surface area contributed by atoms with Gasteiger partial charge in [0.2, 0.25) is 0 Å². The van der Waals surface area contributed by atoms with Crippen molar-refractivity contribution in [3.8, 4) is 0 Å². The van der Waals surface area contributed by atoms with E-state index in [1.54, 1.807) is 24.3 Å². The molecule has 1 aromatic carbocycles. The Morgan fingerprint density at radius 1 is 1.24 bits per heavy atom. The van der Waals surface area contributed by atoms with Crippen LogP contribution in [0.5, 0.6) is 0 Å². The minimum atomic E-state index is -3.16. The predicted molar refractivity (Wildman–Crippen MR) is 66.4 cm³/mol. The fourth-order valence-electron chi connectivity index (χ4n) is 2.06. The first-order valence-corrected chi connectivity index (χ1v) is 7.54. The lowest BCUT2D eigenvalue weighted by atomic mass is 10.0. The Balaban J connectivity index is 2.23. The van der Waals surface area contributed by atoms with Crippen molar-refractivity contribution in [1.82, 2.24) is 0 Å². The molecule has 1 atom stereocenters. The minimum absolute atomic E-state index is 0.286. The summed E-state index contributed by atoms with van der Waals surface area (Å²) in [6.45, 7) is 0.